The predicted octanol–water partition coefficient (Wildman–Crippen LogP) is 3.89. The lowest BCUT2D eigenvalue weighted by molar-refractivity contribution is -0.145. The van der Waals surface area contributed by atoms with E-state index < -0.39 is 17.7 Å². The number of unbranched alkanes of at least 4 members (excludes halogenated alkanes) is 1. The molecule has 8 heteroatoms. The molecule has 0 fully saturated rings. The Hall–Kier alpha value is -2.87. The number of methoxy groups -OCH3 is 1. The summed E-state index contributed by atoms with van der Waals surface area (Å²) in [6.45, 7) is 7.08. The lowest BCUT2D eigenvalue weighted by atomic mass is 10.1. The molecule has 1 rings (SSSR count). The highest BCUT2D eigenvalue weighted by Crippen LogP contribution is 2.12. The molecular formula is C23H33NO7. The highest BCUT2D eigenvalue weighted by Gasteiger charge is 2.20. The minimum atomic E-state index is -0.733. The third-order valence-electron chi connectivity index (χ3n) is 3.92. The summed E-state index contributed by atoms with van der Waals surface area (Å²) in [5.41, 5.74) is 0.342. The predicted molar refractivity (Wildman–Crippen MR) is 115 cm³/mol. The van der Waals surface area contributed by atoms with Crippen molar-refractivity contribution < 1.29 is 33.3 Å². The fourth-order valence-corrected chi connectivity index (χ4v) is 2.51. The van der Waals surface area contributed by atoms with Gasteiger partial charge in [-0.15, -0.1) is 0 Å². The average molecular weight is 436 g/mol. The number of nitrogens with one attached hydrogen (secondary N) is 1. The highest BCUT2D eigenvalue weighted by molar-refractivity contribution is 5.92. The quantitative estimate of drug-likeness (QED) is 0.244. The molecule has 0 aromatic heterocycles. The first-order valence-corrected chi connectivity index (χ1v) is 10.2. The summed E-state index contributed by atoms with van der Waals surface area (Å²) < 4.78 is 20.9. The van der Waals surface area contributed by atoms with E-state index in [-0.39, 0.29) is 24.4 Å². The number of carbonyl (C=O) groups excluding carboxylic acids is 3. The van der Waals surface area contributed by atoms with Crippen molar-refractivity contribution in [1.82, 2.24) is 5.32 Å². The van der Waals surface area contributed by atoms with Gasteiger partial charge in [-0.1, -0.05) is 36.4 Å². The van der Waals surface area contributed by atoms with Gasteiger partial charge in [0.25, 0.3) is 0 Å². The van der Waals surface area contributed by atoms with E-state index in [4.69, 9.17) is 18.9 Å². The molecule has 8 nitrogen and oxygen atoms in total. The van der Waals surface area contributed by atoms with Crippen molar-refractivity contribution in [3.63, 3.8) is 0 Å². The molecule has 0 aliphatic carbocycles. The normalized spacial score (nSPS) is 12.6. The van der Waals surface area contributed by atoms with E-state index in [2.05, 4.69) is 5.32 Å². The first-order valence-electron chi connectivity index (χ1n) is 10.2. The summed E-state index contributed by atoms with van der Waals surface area (Å²) in [5.74, 6) is -1.04. The van der Waals surface area contributed by atoms with Crippen LogP contribution >= 0.6 is 0 Å². The molecular weight excluding hydrogens is 402 g/mol. The molecule has 0 heterocycles. The van der Waals surface area contributed by atoms with Gasteiger partial charge >= 0.3 is 18.0 Å². The number of allylic oxidation sites excluding steroid dienone is 1. The SMILES string of the molecule is COC(=O)/C(=C/CCCC(COC(C)=O)OCc1ccccc1)NC(=O)OC(C)(C)C. The van der Waals surface area contributed by atoms with Crippen molar-refractivity contribution in [3.05, 3.63) is 47.7 Å². The van der Waals surface area contributed by atoms with Gasteiger partial charge in [0.2, 0.25) is 0 Å². The number of benzene rings is 1. The smallest absolute Gasteiger partial charge is 0.412 e. The lowest BCUT2D eigenvalue weighted by Gasteiger charge is -2.20. The molecule has 1 amide bonds. The second kappa shape index (κ2) is 13.4. The molecule has 1 unspecified atom stereocenters. The molecule has 0 spiro atoms. The molecule has 1 aromatic carbocycles. The van der Waals surface area contributed by atoms with Crippen LogP contribution in [0, 0.1) is 0 Å². The van der Waals surface area contributed by atoms with Gasteiger partial charge in [-0.25, -0.2) is 9.59 Å². The van der Waals surface area contributed by atoms with Crippen LogP contribution < -0.4 is 5.32 Å². The number of esters is 2. The standard InChI is InChI=1S/C23H33NO7/c1-17(25)29-16-19(30-15-18-11-7-6-8-12-18)13-9-10-14-20(21(26)28-5)24-22(27)31-23(2,3)4/h6-8,11-12,14,19H,9-10,13,15-16H2,1-5H3,(H,24,27)/b20-14-. The maximum atomic E-state index is 11.9. The van der Waals surface area contributed by atoms with Crippen molar-refractivity contribution in [1.29, 1.82) is 0 Å². The maximum absolute atomic E-state index is 11.9. The van der Waals surface area contributed by atoms with Crippen molar-refractivity contribution >= 4 is 18.0 Å². The maximum Gasteiger partial charge on any atom is 0.412 e. The lowest BCUT2D eigenvalue weighted by Crippen LogP contribution is -2.34. The molecule has 0 aliphatic rings. The Balaban J connectivity index is 2.63. The van der Waals surface area contributed by atoms with Gasteiger partial charge < -0.3 is 18.9 Å². The van der Waals surface area contributed by atoms with Crippen molar-refractivity contribution in [2.75, 3.05) is 13.7 Å². The molecule has 0 bridgehead atoms. The van der Waals surface area contributed by atoms with Gasteiger partial charge in [0.1, 0.15) is 17.9 Å². The molecule has 0 radical (unpaired) electrons. The van der Waals surface area contributed by atoms with E-state index >= 15 is 0 Å². The Bertz CT molecular complexity index is 738. The van der Waals surface area contributed by atoms with E-state index in [0.717, 1.165) is 5.56 Å². The number of hydrogen-bond acceptors (Lipinski definition) is 7. The average Bonchev–Trinajstić information content (AvgIpc) is 2.70. The molecule has 1 atom stereocenters. The summed E-state index contributed by atoms with van der Waals surface area (Å²) in [6.07, 6.45) is 2.26. The third kappa shape index (κ3) is 12.4. The Morgan fingerprint density at radius 3 is 2.39 bits per heavy atom. The minimum absolute atomic E-state index is 0.0125. The van der Waals surface area contributed by atoms with Gasteiger partial charge in [0, 0.05) is 6.92 Å². The molecule has 172 valence electrons. The van der Waals surface area contributed by atoms with Gasteiger partial charge in [-0.2, -0.15) is 0 Å². The Kier molecular flexibility index (Phi) is 11.3. The zero-order valence-electron chi connectivity index (χ0n) is 18.9. The van der Waals surface area contributed by atoms with Crippen molar-refractivity contribution in [3.8, 4) is 0 Å². The fourth-order valence-electron chi connectivity index (χ4n) is 2.51. The van der Waals surface area contributed by atoms with Crippen LogP contribution in [0.4, 0.5) is 4.79 Å². The first-order chi connectivity index (χ1) is 14.6. The van der Waals surface area contributed by atoms with E-state index in [1.165, 1.54) is 14.0 Å². The number of amides is 1. The molecule has 1 aromatic rings. The summed E-state index contributed by atoms with van der Waals surface area (Å²) >= 11 is 0. The fraction of sp³-hybridized carbons (Fsp3) is 0.522. The minimum Gasteiger partial charge on any atom is -0.464 e. The summed E-state index contributed by atoms with van der Waals surface area (Å²) in [6, 6.07) is 9.69. The van der Waals surface area contributed by atoms with Gasteiger partial charge in [-0.05, 0) is 45.6 Å². The number of ether oxygens (including phenoxy) is 4. The molecule has 0 saturated carbocycles. The Morgan fingerprint density at radius 1 is 1.13 bits per heavy atom. The van der Waals surface area contributed by atoms with E-state index in [1.807, 2.05) is 30.3 Å². The Labute approximate surface area is 183 Å². The van der Waals surface area contributed by atoms with E-state index in [9.17, 15) is 14.4 Å². The van der Waals surface area contributed by atoms with Gasteiger partial charge in [0.05, 0.1) is 19.8 Å². The number of hydrogen-bond donors (Lipinski definition) is 1. The summed E-state index contributed by atoms with van der Waals surface area (Å²) in [5, 5.41) is 2.42. The third-order valence-corrected chi connectivity index (χ3v) is 3.92. The van der Waals surface area contributed by atoms with Gasteiger partial charge in [0.15, 0.2) is 0 Å². The second-order valence-corrected chi connectivity index (χ2v) is 7.89. The number of rotatable bonds is 11. The number of alkyl carbamates (subject to hydrolysis) is 1. The van der Waals surface area contributed by atoms with Crippen LogP contribution in [-0.4, -0.2) is 43.5 Å². The molecule has 31 heavy (non-hydrogen) atoms. The van der Waals surface area contributed by atoms with Crippen molar-refractivity contribution in [2.24, 2.45) is 0 Å². The van der Waals surface area contributed by atoms with Crippen LogP contribution in [0.5, 0.6) is 0 Å². The second-order valence-electron chi connectivity index (χ2n) is 7.89. The monoisotopic (exact) mass is 435 g/mol. The van der Waals surface area contributed by atoms with Crippen LogP contribution in [0.2, 0.25) is 0 Å². The molecule has 0 aliphatic heterocycles. The van der Waals surface area contributed by atoms with E-state index in [0.29, 0.717) is 25.9 Å². The van der Waals surface area contributed by atoms with E-state index in [1.54, 1.807) is 26.8 Å². The topological polar surface area (TPSA) is 100 Å². The number of carbonyl (C=O) groups is 3. The highest BCUT2D eigenvalue weighted by atomic mass is 16.6. The van der Waals surface area contributed by atoms with Crippen LogP contribution in [0.15, 0.2) is 42.1 Å². The summed E-state index contributed by atoms with van der Waals surface area (Å²) in [7, 11) is 1.24. The first kappa shape index (κ1) is 26.2. The summed E-state index contributed by atoms with van der Waals surface area (Å²) in [4.78, 5) is 35.0. The van der Waals surface area contributed by atoms with Crippen LogP contribution in [0.3, 0.4) is 0 Å². The van der Waals surface area contributed by atoms with Crippen molar-refractivity contribution in [2.45, 2.75) is 65.3 Å². The van der Waals surface area contributed by atoms with Crippen LogP contribution in [0.25, 0.3) is 0 Å². The zero-order chi connectivity index (χ0) is 23.3. The largest absolute Gasteiger partial charge is 0.464 e. The Morgan fingerprint density at radius 2 is 1.81 bits per heavy atom. The molecule has 0 saturated heterocycles. The van der Waals surface area contributed by atoms with Crippen LogP contribution in [-0.2, 0) is 35.1 Å². The van der Waals surface area contributed by atoms with Gasteiger partial charge in [-0.3, -0.25) is 10.1 Å². The molecule has 1 N–H and O–H groups in total. The van der Waals surface area contributed by atoms with Crippen LogP contribution in [0.1, 0.15) is 52.5 Å². The zero-order valence-corrected chi connectivity index (χ0v) is 18.9.